The summed E-state index contributed by atoms with van der Waals surface area (Å²) < 4.78 is 67.6. The molecule has 1 atom stereocenters. The fourth-order valence-electron chi connectivity index (χ4n) is 2.67. The topological polar surface area (TPSA) is 68.5 Å². The summed E-state index contributed by atoms with van der Waals surface area (Å²) in [6.07, 6.45) is -5.58. The van der Waals surface area contributed by atoms with Gasteiger partial charge in [-0.15, -0.1) is 0 Å². The molecule has 5 nitrogen and oxygen atoms in total. The molecule has 1 heterocycles. The zero-order valence-electron chi connectivity index (χ0n) is 14.3. The lowest BCUT2D eigenvalue weighted by atomic mass is 10.1. The van der Waals surface area contributed by atoms with E-state index >= 15 is 0 Å². The van der Waals surface area contributed by atoms with E-state index in [1.54, 1.807) is 6.07 Å². The third-order valence-electron chi connectivity index (χ3n) is 4.06. The molecule has 1 unspecified atom stereocenters. The number of amides is 1. The fourth-order valence-corrected chi connectivity index (χ4v) is 3.13. The van der Waals surface area contributed by atoms with Crippen LogP contribution in [-0.4, -0.2) is 23.8 Å². The summed E-state index contributed by atoms with van der Waals surface area (Å²) in [6.45, 7) is 0. The second-order valence-electron chi connectivity index (χ2n) is 6.00. The number of nitrogens with one attached hydrogen (secondary N) is 1. The van der Waals surface area contributed by atoms with Gasteiger partial charge in [0.05, 0.1) is 16.9 Å². The number of nitrogens with zero attached hydrogens (tertiary/aromatic N) is 3. The van der Waals surface area contributed by atoms with Crippen molar-refractivity contribution in [2.45, 2.75) is 18.6 Å². The quantitative estimate of drug-likeness (QED) is 0.477. The molecule has 2 aromatic rings. The summed E-state index contributed by atoms with van der Waals surface area (Å²) in [5, 5.41) is 15.4. The zero-order valence-corrected chi connectivity index (χ0v) is 16.4. The van der Waals surface area contributed by atoms with Gasteiger partial charge in [-0.05, 0) is 59.0 Å². The Bertz CT molecular complexity index is 1050. The van der Waals surface area contributed by atoms with E-state index < -0.39 is 47.5 Å². The van der Waals surface area contributed by atoms with E-state index in [0.717, 1.165) is 29.3 Å². The first-order valence-electron chi connectivity index (χ1n) is 7.99. The number of benzene rings is 2. The number of anilines is 2. The van der Waals surface area contributed by atoms with Crippen LogP contribution in [0.1, 0.15) is 12.0 Å². The van der Waals surface area contributed by atoms with Crippen LogP contribution < -0.4 is 10.3 Å². The molecule has 0 aromatic heterocycles. The van der Waals surface area contributed by atoms with E-state index in [4.69, 9.17) is 5.26 Å². The first-order chi connectivity index (χ1) is 13.6. The molecular weight excluding hydrogens is 510 g/mol. The van der Waals surface area contributed by atoms with E-state index in [1.165, 1.54) is 12.1 Å². The van der Waals surface area contributed by atoms with Crippen molar-refractivity contribution in [1.29, 1.82) is 5.26 Å². The highest BCUT2D eigenvalue weighted by Gasteiger charge is 2.45. The molecule has 150 valence electrons. The lowest BCUT2D eigenvalue weighted by Crippen LogP contribution is -2.39. The van der Waals surface area contributed by atoms with Gasteiger partial charge in [0, 0.05) is 9.99 Å². The van der Waals surface area contributed by atoms with E-state index in [0.29, 0.717) is 3.57 Å². The van der Waals surface area contributed by atoms with Gasteiger partial charge in [-0.1, -0.05) is 0 Å². The van der Waals surface area contributed by atoms with Crippen LogP contribution in [0.2, 0.25) is 0 Å². The van der Waals surface area contributed by atoms with E-state index in [9.17, 15) is 26.7 Å². The highest BCUT2D eigenvalue weighted by Crippen LogP contribution is 2.33. The van der Waals surface area contributed by atoms with Crippen LogP contribution in [0.5, 0.6) is 0 Å². The van der Waals surface area contributed by atoms with Crippen LogP contribution in [0.3, 0.4) is 0 Å². The Morgan fingerprint density at radius 2 is 1.93 bits per heavy atom. The number of rotatable bonds is 3. The Morgan fingerprint density at radius 1 is 1.21 bits per heavy atom. The van der Waals surface area contributed by atoms with Crippen LogP contribution in [0.15, 0.2) is 41.5 Å². The van der Waals surface area contributed by atoms with Gasteiger partial charge in [-0.3, -0.25) is 9.80 Å². The third-order valence-corrected chi connectivity index (χ3v) is 4.74. The second kappa shape index (κ2) is 7.94. The van der Waals surface area contributed by atoms with Crippen molar-refractivity contribution in [2.24, 2.45) is 5.10 Å². The Labute approximate surface area is 174 Å². The number of carbonyl (C=O) groups excluding carboxylic acids is 1. The molecule has 0 radical (unpaired) electrons. The number of nitriles is 1. The molecule has 1 aliphatic rings. The van der Waals surface area contributed by atoms with Crippen molar-refractivity contribution in [3.63, 3.8) is 0 Å². The lowest BCUT2D eigenvalue weighted by molar-refractivity contribution is -0.117. The molecule has 0 saturated heterocycles. The minimum atomic E-state index is -4.79. The van der Waals surface area contributed by atoms with Crippen molar-refractivity contribution in [3.8, 4) is 6.07 Å². The number of carbonyl (C=O) groups is 1. The monoisotopic (exact) mass is 520 g/mol. The minimum absolute atomic E-state index is 0.0783. The SMILES string of the molecule is N#Cc1cc(N2N=C(C(F)(F)F)CC2C(=O)Nc2ccc(I)cc2F)ccc1F. The first kappa shape index (κ1) is 21.0. The van der Waals surface area contributed by atoms with Crippen molar-refractivity contribution in [3.05, 3.63) is 57.2 Å². The Morgan fingerprint density at radius 3 is 2.55 bits per heavy atom. The van der Waals surface area contributed by atoms with E-state index in [1.807, 2.05) is 22.6 Å². The van der Waals surface area contributed by atoms with Crippen LogP contribution in [0.4, 0.5) is 33.3 Å². The van der Waals surface area contributed by atoms with Gasteiger partial charge in [0.15, 0.2) is 0 Å². The molecule has 0 aliphatic carbocycles. The van der Waals surface area contributed by atoms with Crippen LogP contribution in [0.25, 0.3) is 0 Å². The van der Waals surface area contributed by atoms with Crippen LogP contribution >= 0.6 is 22.6 Å². The summed E-state index contributed by atoms with van der Waals surface area (Å²) in [7, 11) is 0. The van der Waals surface area contributed by atoms with Crippen molar-refractivity contribution in [2.75, 3.05) is 10.3 Å². The Kier molecular flexibility index (Phi) is 5.74. The maximum atomic E-state index is 14.0. The Balaban J connectivity index is 1.95. The highest BCUT2D eigenvalue weighted by atomic mass is 127. The largest absolute Gasteiger partial charge is 0.431 e. The lowest BCUT2D eigenvalue weighted by Gasteiger charge is -2.23. The summed E-state index contributed by atoms with van der Waals surface area (Å²) in [5.74, 6) is -2.55. The maximum Gasteiger partial charge on any atom is 0.431 e. The molecule has 0 fully saturated rings. The number of hydrogen-bond donors (Lipinski definition) is 1. The second-order valence-corrected chi connectivity index (χ2v) is 7.24. The number of hydrogen-bond acceptors (Lipinski definition) is 4. The van der Waals surface area contributed by atoms with E-state index in [2.05, 4.69) is 10.4 Å². The predicted molar refractivity (Wildman–Crippen MR) is 103 cm³/mol. The summed E-state index contributed by atoms with van der Waals surface area (Å²) in [4.78, 5) is 12.6. The normalized spacial score (nSPS) is 16.4. The minimum Gasteiger partial charge on any atom is -0.322 e. The van der Waals surface area contributed by atoms with Gasteiger partial charge in [0.25, 0.3) is 0 Å². The summed E-state index contributed by atoms with van der Waals surface area (Å²) in [6, 6.07) is 7.04. The van der Waals surface area contributed by atoms with Crippen molar-refractivity contribution < 1.29 is 26.7 Å². The van der Waals surface area contributed by atoms with Crippen LogP contribution in [-0.2, 0) is 4.79 Å². The molecule has 29 heavy (non-hydrogen) atoms. The van der Waals surface area contributed by atoms with Crippen molar-refractivity contribution in [1.82, 2.24) is 0 Å². The van der Waals surface area contributed by atoms with E-state index in [-0.39, 0.29) is 11.4 Å². The molecule has 11 heteroatoms. The Hall–Kier alpha value is -2.75. The number of halogens is 6. The third kappa shape index (κ3) is 4.47. The zero-order chi connectivity index (χ0) is 21.3. The molecule has 0 bridgehead atoms. The number of alkyl halides is 3. The fraction of sp³-hybridized carbons (Fsp3) is 0.167. The van der Waals surface area contributed by atoms with Crippen LogP contribution in [0, 0.1) is 26.5 Å². The first-order valence-corrected chi connectivity index (χ1v) is 9.07. The highest BCUT2D eigenvalue weighted by molar-refractivity contribution is 14.1. The predicted octanol–water partition coefficient (Wildman–Crippen LogP) is 4.58. The van der Waals surface area contributed by atoms with Gasteiger partial charge < -0.3 is 5.32 Å². The molecule has 0 saturated carbocycles. The van der Waals surface area contributed by atoms with Gasteiger partial charge in [0.2, 0.25) is 5.91 Å². The molecule has 1 aliphatic heterocycles. The maximum absolute atomic E-state index is 14.0. The smallest absolute Gasteiger partial charge is 0.322 e. The van der Waals surface area contributed by atoms with Gasteiger partial charge in [-0.2, -0.15) is 23.5 Å². The molecule has 0 spiro atoms. The average molecular weight is 520 g/mol. The van der Waals surface area contributed by atoms with Gasteiger partial charge >= 0.3 is 6.18 Å². The average Bonchev–Trinajstić information content (AvgIpc) is 3.10. The molecule has 1 N–H and O–H groups in total. The molecule has 2 aromatic carbocycles. The van der Waals surface area contributed by atoms with Gasteiger partial charge in [-0.25, -0.2) is 8.78 Å². The molecule has 3 rings (SSSR count). The summed E-state index contributed by atoms with van der Waals surface area (Å²) in [5.41, 5.74) is -1.91. The number of hydrazone groups is 1. The summed E-state index contributed by atoms with van der Waals surface area (Å²) >= 11 is 1.86. The van der Waals surface area contributed by atoms with Crippen molar-refractivity contribution >= 4 is 45.6 Å². The molecular formula is C18H10F5IN4O. The van der Waals surface area contributed by atoms with Gasteiger partial charge in [0.1, 0.15) is 29.5 Å². The molecule has 1 amide bonds. The standard InChI is InChI=1S/C18H10F5IN4O/c19-12-3-2-11(5-9(12)8-25)28-15(7-16(27-28)18(21,22)23)17(29)26-14-4-1-10(24)6-13(14)20/h1-6,15H,7H2,(H,26,29).